The van der Waals surface area contributed by atoms with Crippen LogP contribution in [-0.4, -0.2) is 59.8 Å². The van der Waals surface area contributed by atoms with Gasteiger partial charge in [-0.15, -0.1) is 12.4 Å². The molecule has 9 nitrogen and oxygen atoms in total. The molecule has 1 aliphatic rings. The number of hydrogen-bond acceptors (Lipinski definition) is 8. The zero-order valence-corrected chi connectivity index (χ0v) is 11.0. The van der Waals surface area contributed by atoms with Crippen molar-refractivity contribution in [3.8, 4) is 0 Å². The molecule has 4 atom stereocenters. The molecule has 2 aromatic heterocycles. The standard InChI is InChI=1S/C10H13N5O4.ClH/c11-8-5-9(13-2-12-8)15(3-14-5)10-7(18)6(17)4(1-16)19-10;/h2-4,6-7,10,16-18H,1H2,(H2,11,12,13);1H/t4-,6-,7+,10-;/m1./s1. The Morgan fingerprint density at radius 3 is 2.65 bits per heavy atom. The molecule has 5 N–H and O–H groups in total. The minimum Gasteiger partial charge on any atom is -0.394 e. The molecule has 0 bridgehead atoms. The van der Waals surface area contributed by atoms with E-state index in [4.69, 9.17) is 15.6 Å². The summed E-state index contributed by atoms with van der Waals surface area (Å²) in [5, 5.41) is 28.7. The fourth-order valence-corrected chi connectivity index (χ4v) is 2.17. The van der Waals surface area contributed by atoms with Gasteiger partial charge in [0.1, 0.15) is 30.2 Å². The average Bonchev–Trinajstić information content (AvgIpc) is 2.94. The fraction of sp³-hybridized carbons (Fsp3) is 0.500. The number of anilines is 1. The smallest absolute Gasteiger partial charge is 0.167 e. The van der Waals surface area contributed by atoms with Gasteiger partial charge in [0.05, 0.1) is 12.9 Å². The second kappa shape index (κ2) is 5.46. The topological polar surface area (TPSA) is 140 Å². The lowest BCUT2D eigenvalue weighted by molar-refractivity contribution is -0.0511. The Labute approximate surface area is 119 Å². The van der Waals surface area contributed by atoms with Gasteiger partial charge in [-0.3, -0.25) is 4.57 Å². The van der Waals surface area contributed by atoms with Crippen LogP contribution in [0, 0.1) is 0 Å². The van der Waals surface area contributed by atoms with Gasteiger partial charge in [0.2, 0.25) is 0 Å². The monoisotopic (exact) mass is 303 g/mol. The molecule has 20 heavy (non-hydrogen) atoms. The number of nitrogens with two attached hydrogens (primary N) is 1. The Bertz CT molecular complexity index is 608. The molecule has 0 saturated carbocycles. The first-order valence-electron chi connectivity index (χ1n) is 5.69. The summed E-state index contributed by atoms with van der Waals surface area (Å²) >= 11 is 0. The average molecular weight is 304 g/mol. The van der Waals surface area contributed by atoms with Crippen molar-refractivity contribution >= 4 is 29.4 Å². The minimum absolute atomic E-state index is 0. The quantitative estimate of drug-likeness (QED) is 0.522. The van der Waals surface area contributed by atoms with Crippen molar-refractivity contribution < 1.29 is 20.1 Å². The maximum atomic E-state index is 9.95. The number of imidazole rings is 1. The predicted molar refractivity (Wildman–Crippen MR) is 70.0 cm³/mol. The number of nitrogen functional groups attached to an aromatic ring is 1. The first kappa shape index (κ1) is 14.9. The van der Waals surface area contributed by atoms with E-state index in [1.807, 2.05) is 0 Å². The number of ether oxygens (including phenoxy) is 1. The maximum absolute atomic E-state index is 9.95. The minimum atomic E-state index is -1.19. The summed E-state index contributed by atoms with van der Waals surface area (Å²) in [5.74, 6) is 0.218. The molecule has 1 saturated heterocycles. The van der Waals surface area contributed by atoms with Gasteiger partial charge in [0, 0.05) is 0 Å². The molecule has 0 spiro atoms. The zero-order valence-electron chi connectivity index (χ0n) is 10.2. The van der Waals surface area contributed by atoms with Crippen LogP contribution in [0.5, 0.6) is 0 Å². The number of halogens is 1. The normalized spacial score (nSPS) is 29.6. The number of aliphatic hydroxyl groups excluding tert-OH is 3. The molecule has 2 aromatic rings. The number of nitrogens with zero attached hydrogens (tertiary/aromatic N) is 4. The Balaban J connectivity index is 0.00000147. The highest BCUT2D eigenvalue weighted by molar-refractivity contribution is 5.85. The molecule has 3 heterocycles. The number of fused-ring (bicyclic) bond motifs is 1. The van der Waals surface area contributed by atoms with E-state index < -0.39 is 31.1 Å². The fourth-order valence-electron chi connectivity index (χ4n) is 2.17. The number of aliphatic hydroxyl groups is 3. The van der Waals surface area contributed by atoms with E-state index in [0.717, 1.165) is 0 Å². The summed E-state index contributed by atoms with van der Waals surface area (Å²) in [7, 11) is 0. The second-order valence-corrected chi connectivity index (χ2v) is 4.31. The van der Waals surface area contributed by atoms with Crippen LogP contribution in [0.3, 0.4) is 0 Å². The van der Waals surface area contributed by atoms with Crippen molar-refractivity contribution in [2.45, 2.75) is 24.5 Å². The van der Waals surface area contributed by atoms with Crippen molar-refractivity contribution in [1.29, 1.82) is 0 Å². The molecule has 3 rings (SSSR count). The van der Waals surface area contributed by atoms with Crippen molar-refractivity contribution in [3.63, 3.8) is 0 Å². The first-order valence-corrected chi connectivity index (χ1v) is 5.69. The van der Waals surface area contributed by atoms with Gasteiger partial charge in [0.25, 0.3) is 0 Å². The maximum Gasteiger partial charge on any atom is 0.167 e. The molecule has 110 valence electrons. The van der Waals surface area contributed by atoms with E-state index in [-0.39, 0.29) is 18.2 Å². The highest BCUT2D eigenvalue weighted by Crippen LogP contribution is 2.31. The van der Waals surface area contributed by atoms with E-state index in [1.165, 1.54) is 17.2 Å². The van der Waals surface area contributed by atoms with Crippen molar-refractivity contribution in [2.75, 3.05) is 12.3 Å². The molecule has 0 amide bonds. The van der Waals surface area contributed by atoms with Crippen molar-refractivity contribution in [1.82, 2.24) is 19.5 Å². The van der Waals surface area contributed by atoms with Gasteiger partial charge >= 0.3 is 0 Å². The molecule has 1 fully saturated rings. The van der Waals surface area contributed by atoms with Crippen molar-refractivity contribution in [3.05, 3.63) is 12.7 Å². The largest absolute Gasteiger partial charge is 0.394 e. The zero-order chi connectivity index (χ0) is 13.6. The molecule has 0 unspecified atom stereocenters. The highest BCUT2D eigenvalue weighted by atomic mass is 35.5. The van der Waals surface area contributed by atoms with Gasteiger partial charge in [-0.05, 0) is 0 Å². The molecular weight excluding hydrogens is 290 g/mol. The summed E-state index contributed by atoms with van der Waals surface area (Å²) in [6.45, 7) is -0.390. The van der Waals surface area contributed by atoms with E-state index in [9.17, 15) is 10.2 Å². The molecule has 0 aromatic carbocycles. The Morgan fingerprint density at radius 2 is 2.00 bits per heavy atom. The van der Waals surface area contributed by atoms with Crippen LogP contribution in [-0.2, 0) is 4.74 Å². The third-order valence-electron chi connectivity index (χ3n) is 3.18. The summed E-state index contributed by atoms with van der Waals surface area (Å²) in [6.07, 6.45) is -1.42. The molecule has 1 aliphatic heterocycles. The van der Waals surface area contributed by atoms with E-state index in [1.54, 1.807) is 0 Å². The van der Waals surface area contributed by atoms with E-state index >= 15 is 0 Å². The SMILES string of the molecule is Cl.Nc1ncnc2c1ncn2[C@@H]1O[C@H](CO)[C@@H](O)[C@@H]1O. The van der Waals surface area contributed by atoms with Crippen LogP contribution in [0.25, 0.3) is 11.2 Å². The van der Waals surface area contributed by atoms with Crippen LogP contribution >= 0.6 is 12.4 Å². The Kier molecular flexibility index (Phi) is 4.06. The van der Waals surface area contributed by atoms with Crippen LogP contribution in [0.4, 0.5) is 5.82 Å². The summed E-state index contributed by atoms with van der Waals surface area (Å²) in [6, 6.07) is 0. The van der Waals surface area contributed by atoms with Crippen LogP contribution in [0.1, 0.15) is 6.23 Å². The summed E-state index contributed by atoms with van der Waals surface area (Å²) in [4.78, 5) is 11.9. The number of rotatable bonds is 2. The van der Waals surface area contributed by atoms with E-state index in [0.29, 0.717) is 11.2 Å². The molecular formula is C10H14ClN5O4. The highest BCUT2D eigenvalue weighted by Gasteiger charge is 2.43. The lowest BCUT2D eigenvalue weighted by Gasteiger charge is -2.16. The Morgan fingerprint density at radius 1 is 1.25 bits per heavy atom. The molecule has 10 heteroatoms. The van der Waals surface area contributed by atoms with Gasteiger partial charge < -0.3 is 25.8 Å². The van der Waals surface area contributed by atoms with Crippen LogP contribution in [0.15, 0.2) is 12.7 Å². The lowest BCUT2D eigenvalue weighted by atomic mass is 10.1. The van der Waals surface area contributed by atoms with Gasteiger partial charge in [-0.25, -0.2) is 15.0 Å². The summed E-state index contributed by atoms with van der Waals surface area (Å²) in [5.41, 5.74) is 6.44. The van der Waals surface area contributed by atoms with Gasteiger partial charge in [-0.2, -0.15) is 0 Å². The number of aromatic nitrogens is 4. The lowest BCUT2D eigenvalue weighted by Crippen LogP contribution is -2.33. The van der Waals surface area contributed by atoms with Gasteiger partial charge in [0.15, 0.2) is 17.7 Å². The first-order chi connectivity index (χ1) is 9.13. The molecule has 0 aliphatic carbocycles. The molecule has 0 radical (unpaired) electrons. The predicted octanol–water partition coefficient (Wildman–Crippen LogP) is -1.56. The van der Waals surface area contributed by atoms with Crippen LogP contribution < -0.4 is 5.73 Å². The third kappa shape index (κ3) is 2.09. The van der Waals surface area contributed by atoms with Crippen molar-refractivity contribution in [2.24, 2.45) is 0 Å². The van der Waals surface area contributed by atoms with Gasteiger partial charge in [-0.1, -0.05) is 0 Å². The number of hydrogen-bond donors (Lipinski definition) is 4. The summed E-state index contributed by atoms with van der Waals surface area (Å²) < 4.78 is 6.85. The van der Waals surface area contributed by atoms with Crippen LogP contribution in [0.2, 0.25) is 0 Å². The third-order valence-corrected chi connectivity index (χ3v) is 3.18. The Hall–Kier alpha value is -1.52. The second-order valence-electron chi connectivity index (χ2n) is 4.31. The van der Waals surface area contributed by atoms with E-state index in [2.05, 4.69) is 15.0 Å².